The molecule has 1 aliphatic carbocycles. The fourth-order valence-corrected chi connectivity index (χ4v) is 10.1. The third kappa shape index (κ3) is 6.27. The number of aromatic nitrogens is 3. The first kappa shape index (κ1) is 37.2. The number of anilines is 1. The topological polar surface area (TPSA) is 63.8 Å². The number of hydrogen-bond donors (Lipinski definition) is 1. The van der Waals surface area contributed by atoms with Crippen LogP contribution < -0.4 is 5.32 Å². The minimum Gasteiger partial charge on any atom is -0.456 e. The third-order valence-corrected chi connectivity index (χ3v) is 13.2. The molecule has 11 aromatic rings. The lowest BCUT2D eigenvalue weighted by molar-refractivity contribution is 0.668. The first-order valence-electron chi connectivity index (χ1n) is 22.4. The van der Waals surface area contributed by atoms with E-state index in [1.807, 2.05) is 24.3 Å². The molecule has 0 saturated heterocycles. The van der Waals surface area contributed by atoms with E-state index in [0.717, 1.165) is 79.2 Å². The molecule has 1 aliphatic heterocycles. The number of nitrogens with one attached hydrogen (secondary N) is 1. The van der Waals surface area contributed by atoms with Crippen LogP contribution in [0.15, 0.2) is 205 Å². The summed E-state index contributed by atoms with van der Waals surface area (Å²) >= 11 is 0. The van der Waals surface area contributed by atoms with E-state index in [1.54, 1.807) is 0 Å². The van der Waals surface area contributed by atoms with Crippen LogP contribution in [0.2, 0.25) is 0 Å². The molecule has 0 amide bonds. The summed E-state index contributed by atoms with van der Waals surface area (Å²) in [6.07, 6.45) is 6.55. The maximum absolute atomic E-state index is 6.74. The Morgan fingerprint density at radius 3 is 1.85 bits per heavy atom. The first-order valence-corrected chi connectivity index (χ1v) is 22.4. The van der Waals surface area contributed by atoms with Gasteiger partial charge in [-0.05, 0) is 92.4 Å². The van der Waals surface area contributed by atoms with Gasteiger partial charge in [-0.3, -0.25) is 0 Å². The largest absolute Gasteiger partial charge is 0.456 e. The zero-order valence-corrected chi connectivity index (χ0v) is 35.4. The maximum Gasteiger partial charge on any atom is 0.164 e. The number of furan rings is 1. The second-order valence-corrected chi connectivity index (χ2v) is 17.0. The van der Waals surface area contributed by atoms with Gasteiger partial charge in [0, 0.05) is 44.3 Å². The van der Waals surface area contributed by atoms with Gasteiger partial charge in [0.1, 0.15) is 11.2 Å². The molecular weight excluding hydrogens is 793 g/mol. The van der Waals surface area contributed by atoms with Gasteiger partial charge in [0.25, 0.3) is 0 Å². The van der Waals surface area contributed by atoms with Gasteiger partial charge in [0.05, 0.1) is 6.04 Å². The second kappa shape index (κ2) is 15.1. The van der Waals surface area contributed by atoms with E-state index in [9.17, 15) is 0 Å². The fraction of sp³-hybridized carbons (Fsp3) is 0.0500. The molecule has 1 N–H and O–H groups in total. The molecule has 65 heavy (non-hydrogen) atoms. The lowest BCUT2D eigenvalue weighted by atomic mass is 9.80. The Bertz CT molecular complexity index is 3670. The van der Waals surface area contributed by atoms with Gasteiger partial charge < -0.3 is 9.73 Å². The summed E-state index contributed by atoms with van der Waals surface area (Å²) < 4.78 is 6.74. The molecule has 1 unspecified atom stereocenters. The molecule has 5 nitrogen and oxygen atoms in total. The van der Waals surface area contributed by atoms with Crippen LogP contribution >= 0.6 is 0 Å². The number of nitrogens with zero attached hydrogens (tertiary/aromatic N) is 3. The van der Waals surface area contributed by atoms with Gasteiger partial charge in [-0.25, -0.2) is 15.0 Å². The van der Waals surface area contributed by atoms with Gasteiger partial charge in [0.2, 0.25) is 0 Å². The Kier molecular flexibility index (Phi) is 8.66. The van der Waals surface area contributed by atoms with Crippen LogP contribution in [-0.2, 0) is 6.42 Å². The van der Waals surface area contributed by atoms with Crippen molar-refractivity contribution in [2.45, 2.75) is 18.9 Å². The lowest BCUT2D eigenvalue weighted by Crippen LogP contribution is -2.18. The van der Waals surface area contributed by atoms with Crippen molar-refractivity contribution in [3.8, 4) is 67.5 Å². The molecule has 0 radical (unpaired) electrons. The average Bonchev–Trinajstić information content (AvgIpc) is 3.76. The predicted molar refractivity (Wildman–Crippen MR) is 266 cm³/mol. The van der Waals surface area contributed by atoms with E-state index < -0.39 is 0 Å². The van der Waals surface area contributed by atoms with Crippen LogP contribution in [0.4, 0.5) is 5.69 Å². The Hall–Kier alpha value is -8.41. The first-order chi connectivity index (χ1) is 32.2. The highest BCUT2D eigenvalue weighted by atomic mass is 16.3. The van der Waals surface area contributed by atoms with E-state index in [0.29, 0.717) is 17.5 Å². The molecule has 0 saturated carbocycles. The van der Waals surface area contributed by atoms with Gasteiger partial charge >= 0.3 is 0 Å². The van der Waals surface area contributed by atoms with Gasteiger partial charge in [-0.1, -0.05) is 182 Å². The van der Waals surface area contributed by atoms with E-state index in [4.69, 9.17) is 19.4 Å². The van der Waals surface area contributed by atoms with E-state index in [1.165, 1.54) is 44.3 Å². The summed E-state index contributed by atoms with van der Waals surface area (Å²) in [7, 11) is 0. The molecule has 0 fully saturated rings. The third-order valence-electron chi connectivity index (χ3n) is 13.2. The maximum atomic E-state index is 6.74. The van der Waals surface area contributed by atoms with Crippen molar-refractivity contribution < 1.29 is 4.42 Å². The van der Waals surface area contributed by atoms with Gasteiger partial charge in [-0.15, -0.1) is 0 Å². The molecule has 2 aromatic heterocycles. The van der Waals surface area contributed by atoms with Crippen LogP contribution in [0.1, 0.15) is 34.7 Å². The Morgan fingerprint density at radius 1 is 0.462 bits per heavy atom. The van der Waals surface area contributed by atoms with Crippen LogP contribution in [0, 0.1) is 0 Å². The zero-order valence-electron chi connectivity index (χ0n) is 35.4. The Labute approximate surface area is 376 Å². The van der Waals surface area contributed by atoms with Gasteiger partial charge in [-0.2, -0.15) is 0 Å². The highest BCUT2D eigenvalue weighted by Gasteiger charge is 2.31. The van der Waals surface area contributed by atoms with Crippen molar-refractivity contribution in [3.05, 3.63) is 222 Å². The summed E-state index contributed by atoms with van der Waals surface area (Å²) in [5, 5.41) is 8.48. The van der Waals surface area contributed by atoms with Gasteiger partial charge in [0.15, 0.2) is 17.5 Å². The summed E-state index contributed by atoms with van der Waals surface area (Å²) in [4.78, 5) is 15.6. The predicted octanol–water partition coefficient (Wildman–Crippen LogP) is 15.4. The number of hydrogen-bond acceptors (Lipinski definition) is 5. The summed E-state index contributed by atoms with van der Waals surface area (Å²) in [5.74, 6) is 1.94. The minimum atomic E-state index is -0.115. The Balaban J connectivity index is 0.994. The molecule has 0 spiro atoms. The van der Waals surface area contributed by atoms with Crippen molar-refractivity contribution in [1.82, 2.24) is 15.0 Å². The van der Waals surface area contributed by atoms with Crippen molar-refractivity contribution in [2.24, 2.45) is 0 Å². The highest BCUT2D eigenvalue weighted by molar-refractivity contribution is 6.17. The molecule has 306 valence electrons. The molecule has 9 aromatic carbocycles. The van der Waals surface area contributed by atoms with Crippen LogP contribution in [0.3, 0.4) is 0 Å². The number of fused-ring (bicyclic) bond motifs is 9. The normalized spacial score (nSPS) is 13.9. The van der Waals surface area contributed by atoms with Crippen molar-refractivity contribution in [1.29, 1.82) is 0 Å². The minimum absolute atomic E-state index is 0.115. The lowest BCUT2D eigenvalue weighted by Gasteiger charge is -2.32. The van der Waals surface area contributed by atoms with E-state index >= 15 is 0 Å². The van der Waals surface area contributed by atoms with Crippen LogP contribution in [0.25, 0.3) is 106 Å². The number of rotatable bonds is 6. The molecule has 13 rings (SSSR count). The molecule has 3 heterocycles. The summed E-state index contributed by atoms with van der Waals surface area (Å²) in [6.45, 7) is 0. The quantitative estimate of drug-likeness (QED) is 0.181. The monoisotopic (exact) mass is 832 g/mol. The second-order valence-electron chi connectivity index (χ2n) is 17.0. The van der Waals surface area contributed by atoms with E-state index in [2.05, 4.69) is 187 Å². The number of aryl methyl sites for hydroxylation is 1. The molecule has 1 atom stereocenters. The summed E-state index contributed by atoms with van der Waals surface area (Å²) in [5.41, 5.74) is 17.6. The molecule has 5 heteroatoms. The van der Waals surface area contributed by atoms with Crippen molar-refractivity contribution >= 4 is 44.5 Å². The van der Waals surface area contributed by atoms with Crippen molar-refractivity contribution in [3.63, 3.8) is 0 Å². The smallest absolute Gasteiger partial charge is 0.164 e. The standard InChI is InChI=1S/C60H40N4O/c1-3-15-37(16-4-1)38-27-31-40(32-28-38)57-50-36-53-56(48-24-12-14-26-52(48)65-53)54(55(50)47-23-11-13-25-51(47)61-57)39-29-33-42(34-30-39)59-62-58(41-17-5-2-6-18-41)63-60(64-59)49-35-43-19-7-8-20-44(43)45-21-9-10-22-46(45)49/h1-6,8-18,20-36,57,61H,7,19H2. The fourth-order valence-electron chi connectivity index (χ4n) is 10.1. The Morgan fingerprint density at radius 2 is 1.06 bits per heavy atom. The van der Waals surface area contributed by atoms with E-state index in [-0.39, 0.29) is 6.04 Å². The number of allylic oxidation sites excluding steroid dienone is 1. The molecule has 2 aliphatic rings. The average molecular weight is 833 g/mol. The zero-order chi connectivity index (χ0) is 42.8. The molecular formula is C60H40N4O. The van der Waals surface area contributed by atoms with Crippen LogP contribution in [-0.4, -0.2) is 15.0 Å². The number of benzene rings is 9. The SMILES string of the molecule is C1=Cc2c(cc(-c3nc(-c4ccccc4)nc(-c4ccc(-c5c6c(cc7oc8ccccc8c57)C(c5ccc(-c7ccccc7)cc5)Nc5ccccc5-6)cc4)n3)c3ccccc23)CC1. The highest BCUT2D eigenvalue weighted by Crippen LogP contribution is 2.52. The number of para-hydroxylation sites is 2. The van der Waals surface area contributed by atoms with Crippen LogP contribution in [0.5, 0.6) is 0 Å². The van der Waals surface area contributed by atoms with Crippen molar-refractivity contribution in [2.75, 3.05) is 5.32 Å². The molecule has 0 bridgehead atoms. The summed E-state index contributed by atoms with van der Waals surface area (Å²) in [6, 6.07) is 68.7.